The summed E-state index contributed by atoms with van der Waals surface area (Å²) in [6.45, 7) is 2.16. The summed E-state index contributed by atoms with van der Waals surface area (Å²) in [6.07, 6.45) is 10.2. The highest BCUT2D eigenvalue weighted by molar-refractivity contribution is 9.10. The fourth-order valence-corrected chi connectivity index (χ4v) is 9.88. The summed E-state index contributed by atoms with van der Waals surface area (Å²) in [7, 11) is 0. The number of ether oxygens (including phenoxy) is 3. The van der Waals surface area contributed by atoms with Crippen LogP contribution in [0.15, 0.2) is 58.3 Å². The van der Waals surface area contributed by atoms with E-state index in [2.05, 4.69) is 50.6 Å². The Balaban J connectivity index is 0.000000152. The first kappa shape index (κ1) is 33.0. The van der Waals surface area contributed by atoms with E-state index in [1.165, 1.54) is 51.3 Å². The maximum Gasteiger partial charge on any atom is 0.348 e. The second-order valence-electron chi connectivity index (χ2n) is 10.4. The lowest BCUT2D eigenvalue weighted by Crippen LogP contribution is -2.08. The number of carbonyl (C=O) groups is 2. The van der Waals surface area contributed by atoms with Gasteiger partial charge in [0, 0.05) is 12.4 Å². The van der Waals surface area contributed by atoms with E-state index >= 15 is 0 Å². The SMILES string of the molecule is CCOC(=O)c1sc(Oc2ccc(Br)nc2)c2c1CCc1cnsc1-2.O=C(O)c1sc(Oc2ccc(Br)nc2)c2c1CCc1cnsc1-2. The number of aromatic nitrogens is 4. The van der Waals surface area contributed by atoms with Crippen LogP contribution in [0.3, 0.4) is 0 Å². The predicted molar refractivity (Wildman–Crippen MR) is 193 cm³/mol. The molecule has 10 nitrogen and oxygen atoms in total. The highest BCUT2D eigenvalue weighted by Gasteiger charge is 2.32. The summed E-state index contributed by atoms with van der Waals surface area (Å²) in [6, 6.07) is 7.23. The van der Waals surface area contributed by atoms with Gasteiger partial charge in [-0.2, -0.15) is 0 Å². The maximum absolute atomic E-state index is 12.4. The summed E-state index contributed by atoms with van der Waals surface area (Å²) in [5.41, 5.74) is 6.04. The number of fused-ring (bicyclic) bond motifs is 6. The molecule has 8 rings (SSSR count). The molecule has 0 spiro atoms. The van der Waals surface area contributed by atoms with Crippen LogP contribution < -0.4 is 9.47 Å². The Labute approximate surface area is 307 Å². The van der Waals surface area contributed by atoms with Crippen molar-refractivity contribution in [2.24, 2.45) is 0 Å². The van der Waals surface area contributed by atoms with Gasteiger partial charge in [-0.05, 0) is 134 Å². The molecule has 2 aliphatic carbocycles. The van der Waals surface area contributed by atoms with Crippen LogP contribution in [0.4, 0.5) is 0 Å². The third-order valence-electron chi connectivity index (χ3n) is 7.46. The summed E-state index contributed by atoms with van der Waals surface area (Å²) in [4.78, 5) is 35.3. The van der Waals surface area contributed by atoms with Gasteiger partial charge in [0.1, 0.15) is 30.5 Å². The first-order valence-corrected chi connectivity index (χ1v) is 19.3. The van der Waals surface area contributed by atoms with Crippen LogP contribution in [0.25, 0.3) is 20.9 Å². The molecule has 6 aromatic rings. The van der Waals surface area contributed by atoms with Crippen molar-refractivity contribution in [2.75, 3.05) is 6.61 Å². The molecule has 0 aliphatic heterocycles. The molecule has 0 radical (unpaired) electrons. The number of esters is 1. The van der Waals surface area contributed by atoms with E-state index in [9.17, 15) is 14.7 Å². The fraction of sp³-hybridized carbons (Fsp3) is 0.188. The van der Waals surface area contributed by atoms with Crippen LogP contribution in [0, 0.1) is 0 Å². The van der Waals surface area contributed by atoms with Crippen molar-refractivity contribution in [3.8, 4) is 42.5 Å². The van der Waals surface area contributed by atoms with E-state index in [-0.39, 0.29) is 5.97 Å². The average Bonchev–Trinajstić information content (AvgIpc) is 3.88. The lowest BCUT2D eigenvalue weighted by molar-refractivity contribution is 0.0530. The van der Waals surface area contributed by atoms with Gasteiger partial charge in [-0.25, -0.2) is 28.3 Å². The fourth-order valence-electron chi connectivity index (χ4n) is 5.37. The van der Waals surface area contributed by atoms with Crippen LogP contribution in [0.2, 0.25) is 0 Å². The van der Waals surface area contributed by atoms with E-state index in [4.69, 9.17) is 14.2 Å². The molecule has 0 saturated heterocycles. The number of rotatable bonds is 7. The molecular weight excluding hydrogens is 824 g/mol. The van der Waals surface area contributed by atoms with Gasteiger partial charge in [-0.3, -0.25) is 0 Å². The first-order chi connectivity index (χ1) is 23.3. The Morgan fingerprint density at radius 1 is 0.750 bits per heavy atom. The lowest BCUT2D eigenvalue weighted by Gasteiger charge is -2.14. The van der Waals surface area contributed by atoms with E-state index in [0.29, 0.717) is 49.0 Å². The molecule has 6 heterocycles. The zero-order valence-electron chi connectivity index (χ0n) is 24.8. The van der Waals surface area contributed by atoms with Crippen LogP contribution in [0.1, 0.15) is 48.5 Å². The number of hydrogen-bond acceptors (Lipinski definition) is 13. The summed E-state index contributed by atoms with van der Waals surface area (Å²) in [5, 5.41) is 10.8. The molecule has 48 heavy (non-hydrogen) atoms. The third-order valence-corrected chi connectivity index (χ3v) is 12.3. The minimum Gasteiger partial charge on any atom is -0.477 e. The zero-order chi connectivity index (χ0) is 33.4. The van der Waals surface area contributed by atoms with Gasteiger partial charge in [0.25, 0.3) is 0 Å². The Hall–Kier alpha value is -3.54. The van der Waals surface area contributed by atoms with Crippen molar-refractivity contribution in [1.29, 1.82) is 0 Å². The van der Waals surface area contributed by atoms with Crippen LogP contribution in [0.5, 0.6) is 21.6 Å². The van der Waals surface area contributed by atoms with Gasteiger partial charge in [0.05, 0.1) is 39.9 Å². The molecule has 0 bridgehead atoms. The molecule has 6 aromatic heterocycles. The number of aryl methyl sites for hydroxylation is 2. The van der Waals surface area contributed by atoms with Gasteiger partial charge in [-0.15, -0.1) is 0 Å². The summed E-state index contributed by atoms with van der Waals surface area (Å²) in [5.74, 6) is -0.00591. The van der Waals surface area contributed by atoms with Crippen molar-refractivity contribution in [3.05, 3.63) is 90.3 Å². The van der Waals surface area contributed by atoms with Crippen LogP contribution in [-0.4, -0.2) is 42.4 Å². The molecule has 2 aliphatic rings. The largest absolute Gasteiger partial charge is 0.477 e. The molecule has 1 N–H and O–H groups in total. The van der Waals surface area contributed by atoms with Gasteiger partial charge in [0.15, 0.2) is 10.1 Å². The molecule has 244 valence electrons. The third kappa shape index (κ3) is 6.56. The molecule has 0 unspecified atom stereocenters. The first-order valence-electron chi connectivity index (χ1n) is 14.5. The number of carboxylic acids is 1. The Bertz CT molecular complexity index is 2140. The lowest BCUT2D eigenvalue weighted by atomic mass is 9.93. The van der Waals surface area contributed by atoms with Crippen molar-refractivity contribution in [1.82, 2.24) is 18.7 Å². The maximum atomic E-state index is 12.4. The minimum absolute atomic E-state index is 0.291. The molecule has 0 atom stereocenters. The highest BCUT2D eigenvalue weighted by atomic mass is 79.9. The number of carboxylic acid groups (broad SMARTS) is 1. The quantitative estimate of drug-likeness (QED) is 0.122. The van der Waals surface area contributed by atoms with Crippen LogP contribution in [-0.2, 0) is 30.4 Å². The van der Waals surface area contributed by atoms with Crippen molar-refractivity contribution in [3.63, 3.8) is 0 Å². The van der Waals surface area contributed by atoms with Gasteiger partial charge in [0.2, 0.25) is 0 Å². The highest BCUT2D eigenvalue weighted by Crippen LogP contribution is 2.51. The minimum atomic E-state index is -0.914. The number of carbonyl (C=O) groups excluding carboxylic acids is 1. The predicted octanol–water partition coefficient (Wildman–Crippen LogP) is 9.71. The number of nitrogens with zero attached hydrogens (tertiary/aromatic N) is 4. The Morgan fingerprint density at radius 3 is 1.71 bits per heavy atom. The number of pyridine rings is 2. The monoisotopic (exact) mass is 844 g/mol. The molecule has 0 aromatic carbocycles. The summed E-state index contributed by atoms with van der Waals surface area (Å²) >= 11 is 11.9. The van der Waals surface area contributed by atoms with Crippen molar-refractivity contribution >= 4 is 89.5 Å². The second kappa shape index (κ2) is 14.1. The molecule has 0 saturated carbocycles. The summed E-state index contributed by atoms with van der Waals surface area (Å²) < 4.78 is 27.2. The van der Waals surface area contributed by atoms with E-state index in [0.717, 1.165) is 61.4 Å². The molecule has 16 heteroatoms. The number of aromatic carboxylic acids is 1. The number of hydrogen-bond donors (Lipinski definition) is 1. The Morgan fingerprint density at radius 2 is 1.25 bits per heavy atom. The normalized spacial score (nSPS) is 12.5. The molecule has 0 fully saturated rings. The molecular formula is C32H22Br2N4O6S4. The smallest absolute Gasteiger partial charge is 0.348 e. The van der Waals surface area contributed by atoms with Crippen molar-refractivity contribution in [2.45, 2.75) is 32.6 Å². The van der Waals surface area contributed by atoms with Gasteiger partial charge in [-0.1, -0.05) is 22.7 Å². The van der Waals surface area contributed by atoms with Gasteiger partial charge < -0.3 is 19.3 Å². The zero-order valence-corrected chi connectivity index (χ0v) is 31.3. The standard InChI is InChI=1S/C17H13BrN2O3S2.C15H9BrN2O3S2/c1-2-22-16(21)15-11-5-3-9-7-20-25-14(9)13(11)17(24-15)23-10-4-6-12(18)19-8-10;16-10-4-2-8(6-17-10)21-15-11-9(13(22-15)14(19)20)3-1-7-5-18-23-12(7)11/h4,6-8H,2-3,5H2,1H3;2,4-6H,1,3H2,(H,19,20). The van der Waals surface area contributed by atoms with Crippen molar-refractivity contribution < 1.29 is 28.9 Å². The Kier molecular flexibility index (Phi) is 9.71. The van der Waals surface area contributed by atoms with Crippen LogP contribution >= 0.6 is 77.6 Å². The second-order valence-corrected chi connectivity index (χ2v) is 15.6. The number of thiophene rings is 2. The van der Waals surface area contributed by atoms with E-state index in [1.54, 1.807) is 24.5 Å². The topological polar surface area (TPSA) is 134 Å². The number of halogens is 2. The van der Waals surface area contributed by atoms with Gasteiger partial charge >= 0.3 is 11.9 Å². The average molecular weight is 847 g/mol. The van der Waals surface area contributed by atoms with E-state index in [1.807, 2.05) is 31.5 Å². The van der Waals surface area contributed by atoms with E-state index < -0.39 is 5.97 Å². The molecule has 0 amide bonds.